The predicted octanol–water partition coefficient (Wildman–Crippen LogP) is 3.68. The Kier molecular flexibility index (Phi) is 4.92. The van der Waals surface area contributed by atoms with Gasteiger partial charge in [-0.2, -0.15) is 0 Å². The topological polar surface area (TPSA) is 95.7 Å². The number of rotatable bonds is 2. The van der Waals surface area contributed by atoms with Gasteiger partial charge in [-0.25, -0.2) is 9.18 Å². The summed E-state index contributed by atoms with van der Waals surface area (Å²) in [6, 6.07) is 3.14. The van der Waals surface area contributed by atoms with E-state index >= 15 is 0 Å². The first kappa shape index (κ1) is 19.3. The fourth-order valence-electron chi connectivity index (χ4n) is 3.39. The Morgan fingerprint density at radius 3 is 2.56 bits per heavy atom. The normalized spacial score (nSPS) is 23.6. The number of carbonyl (C=O) groups is 2. The van der Waals surface area contributed by atoms with Crippen molar-refractivity contribution in [2.24, 2.45) is 5.41 Å². The Balaban J connectivity index is 2.48. The SMILES string of the molecule is Cc1c(Cl)ccc(NC(=O)[C@@]2(C(C)(C)C)C[C@H](F)CN2C(=O)O)c1N. The van der Waals surface area contributed by atoms with Gasteiger partial charge in [-0.15, -0.1) is 0 Å². The Bertz CT molecular complexity index is 720. The highest BCUT2D eigenvalue weighted by Gasteiger charge is 2.60. The first-order valence-corrected chi connectivity index (χ1v) is 8.30. The quantitative estimate of drug-likeness (QED) is 0.691. The molecule has 8 heteroatoms. The van der Waals surface area contributed by atoms with Crippen molar-refractivity contribution in [1.82, 2.24) is 4.90 Å². The molecule has 2 rings (SSSR count). The predicted molar refractivity (Wildman–Crippen MR) is 95.7 cm³/mol. The van der Waals surface area contributed by atoms with Crippen molar-refractivity contribution in [3.8, 4) is 0 Å². The van der Waals surface area contributed by atoms with Crippen molar-refractivity contribution in [3.05, 3.63) is 22.7 Å². The van der Waals surface area contributed by atoms with Crippen LogP contribution in [0, 0.1) is 12.3 Å². The number of nitrogens with one attached hydrogen (secondary N) is 1. The molecule has 0 radical (unpaired) electrons. The second-order valence-corrected chi connectivity index (χ2v) is 7.80. The van der Waals surface area contributed by atoms with E-state index in [4.69, 9.17) is 17.3 Å². The third-order valence-electron chi connectivity index (χ3n) is 4.90. The third-order valence-corrected chi connectivity index (χ3v) is 5.31. The molecule has 1 aromatic rings. The fourth-order valence-corrected chi connectivity index (χ4v) is 3.56. The van der Waals surface area contributed by atoms with Gasteiger partial charge in [0.1, 0.15) is 11.7 Å². The molecule has 4 N–H and O–H groups in total. The highest BCUT2D eigenvalue weighted by Crippen LogP contribution is 2.46. The van der Waals surface area contributed by atoms with E-state index in [1.807, 2.05) is 0 Å². The molecule has 2 atom stereocenters. The number of amides is 2. The second kappa shape index (κ2) is 6.37. The molecule has 0 unspecified atom stereocenters. The summed E-state index contributed by atoms with van der Waals surface area (Å²) in [5.74, 6) is -0.601. The van der Waals surface area contributed by atoms with Crippen LogP contribution >= 0.6 is 11.6 Å². The van der Waals surface area contributed by atoms with E-state index < -0.39 is 29.1 Å². The van der Waals surface area contributed by atoms with Crippen molar-refractivity contribution in [2.75, 3.05) is 17.6 Å². The molecule has 0 saturated carbocycles. The molecule has 1 fully saturated rings. The van der Waals surface area contributed by atoms with E-state index in [0.29, 0.717) is 22.0 Å². The van der Waals surface area contributed by atoms with Gasteiger partial charge in [0.2, 0.25) is 0 Å². The largest absolute Gasteiger partial charge is 0.465 e. The number of hydrogen-bond donors (Lipinski definition) is 3. The number of nitrogens with two attached hydrogens (primary N) is 1. The van der Waals surface area contributed by atoms with Crippen molar-refractivity contribution < 1.29 is 19.1 Å². The van der Waals surface area contributed by atoms with Crippen molar-refractivity contribution in [1.29, 1.82) is 0 Å². The number of carboxylic acid groups (broad SMARTS) is 1. The number of hydrogen-bond acceptors (Lipinski definition) is 3. The summed E-state index contributed by atoms with van der Waals surface area (Å²) in [4.78, 5) is 25.7. The highest BCUT2D eigenvalue weighted by atomic mass is 35.5. The van der Waals surface area contributed by atoms with Crippen LogP contribution in [0.1, 0.15) is 32.8 Å². The summed E-state index contributed by atoms with van der Waals surface area (Å²) in [5.41, 5.74) is 4.85. The summed E-state index contributed by atoms with van der Waals surface area (Å²) in [5, 5.41) is 12.7. The first-order chi connectivity index (χ1) is 11.4. The Labute approximate surface area is 151 Å². The lowest BCUT2D eigenvalue weighted by Crippen LogP contribution is -2.62. The minimum absolute atomic E-state index is 0.207. The maximum atomic E-state index is 14.1. The van der Waals surface area contributed by atoms with Crippen LogP contribution in [0.4, 0.5) is 20.6 Å². The fraction of sp³-hybridized carbons (Fsp3) is 0.529. The average Bonchev–Trinajstić information content (AvgIpc) is 2.86. The standard InChI is InChI=1S/C17H23ClFN3O3/c1-9-11(18)5-6-12(13(9)20)21-14(23)17(16(2,3)4)7-10(19)8-22(17)15(24)25/h5-6,10H,7-8,20H2,1-4H3,(H,21,23)(H,24,25)/t10-,17+/m0/s1. The molecular weight excluding hydrogens is 349 g/mol. The maximum absolute atomic E-state index is 14.1. The van der Waals surface area contributed by atoms with Gasteiger partial charge in [0.05, 0.1) is 17.9 Å². The van der Waals surface area contributed by atoms with Gasteiger partial charge >= 0.3 is 6.09 Å². The number of alkyl halides is 1. The van der Waals surface area contributed by atoms with E-state index in [2.05, 4.69) is 5.32 Å². The molecule has 0 bridgehead atoms. The van der Waals surface area contributed by atoms with Crippen LogP contribution in [0.5, 0.6) is 0 Å². The molecule has 1 aromatic carbocycles. The van der Waals surface area contributed by atoms with Crippen LogP contribution in [-0.4, -0.2) is 40.3 Å². The molecule has 0 spiro atoms. The number of carbonyl (C=O) groups excluding carboxylic acids is 1. The molecule has 138 valence electrons. The molecule has 0 aromatic heterocycles. The third kappa shape index (κ3) is 3.13. The molecule has 25 heavy (non-hydrogen) atoms. The summed E-state index contributed by atoms with van der Waals surface area (Å²) in [7, 11) is 0. The number of likely N-dealkylation sites (tertiary alicyclic amines) is 1. The number of halogens is 2. The molecule has 2 amide bonds. The zero-order valence-electron chi connectivity index (χ0n) is 14.7. The van der Waals surface area contributed by atoms with Crippen LogP contribution in [0.3, 0.4) is 0 Å². The van der Waals surface area contributed by atoms with Crippen LogP contribution < -0.4 is 11.1 Å². The van der Waals surface area contributed by atoms with E-state index in [1.165, 1.54) is 0 Å². The maximum Gasteiger partial charge on any atom is 0.408 e. The monoisotopic (exact) mass is 371 g/mol. The number of benzene rings is 1. The van der Waals surface area contributed by atoms with Gasteiger partial charge in [0.25, 0.3) is 5.91 Å². The minimum Gasteiger partial charge on any atom is -0.465 e. The van der Waals surface area contributed by atoms with Crippen LogP contribution in [0.15, 0.2) is 12.1 Å². The lowest BCUT2D eigenvalue weighted by atomic mass is 9.71. The average molecular weight is 372 g/mol. The van der Waals surface area contributed by atoms with Crippen molar-refractivity contribution in [2.45, 2.75) is 45.8 Å². The van der Waals surface area contributed by atoms with E-state index in [0.717, 1.165) is 4.90 Å². The van der Waals surface area contributed by atoms with Gasteiger partial charge in [0, 0.05) is 11.4 Å². The zero-order chi connectivity index (χ0) is 19.2. The zero-order valence-corrected chi connectivity index (χ0v) is 15.4. The summed E-state index contributed by atoms with van der Waals surface area (Å²) in [6.07, 6.45) is -2.95. The smallest absolute Gasteiger partial charge is 0.408 e. The lowest BCUT2D eigenvalue weighted by Gasteiger charge is -2.45. The van der Waals surface area contributed by atoms with Gasteiger partial charge < -0.3 is 16.2 Å². The second-order valence-electron chi connectivity index (χ2n) is 7.39. The Hall–Kier alpha value is -2.02. The summed E-state index contributed by atoms with van der Waals surface area (Å²) >= 11 is 6.01. The van der Waals surface area contributed by atoms with E-state index in [9.17, 15) is 19.1 Å². The van der Waals surface area contributed by atoms with Gasteiger partial charge in [-0.1, -0.05) is 32.4 Å². The molecule has 1 heterocycles. The van der Waals surface area contributed by atoms with Gasteiger partial charge in [-0.3, -0.25) is 9.69 Å². The number of nitrogens with zero attached hydrogens (tertiary/aromatic N) is 1. The van der Waals surface area contributed by atoms with Gasteiger partial charge in [-0.05, 0) is 30.0 Å². The first-order valence-electron chi connectivity index (χ1n) is 7.92. The highest BCUT2D eigenvalue weighted by molar-refractivity contribution is 6.32. The molecular formula is C17H23ClFN3O3. The molecule has 1 saturated heterocycles. The molecule has 6 nitrogen and oxygen atoms in total. The van der Waals surface area contributed by atoms with Crippen LogP contribution in [0.25, 0.3) is 0 Å². The van der Waals surface area contributed by atoms with Crippen molar-refractivity contribution >= 4 is 35.0 Å². The Morgan fingerprint density at radius 1 is 1.44 bits per heavy atom. The molecule has 1 aliphatic rings. The van der Waals surface area contributed by atoms with E-state index in [1.54, 1.807) is 39.8 Å². The summed E-state index contributed by atoms with van der Waals surface area (Å²) < 4.78 is 14.1. The number of anilines is 2. The van der Waals surface area contributed by atoms with Gasteiger partial charge in [0.15, 0.2) is 0 Å². The number of nitrogen functional groups attached to an aromatic ring is 1. The van der Waals surface area contributed by atoms with Crippen molar-refractivity contribution in [3.63, 3.8) is 0 Å². The summed E-state index contributed by atoms with van der Waals surface area (Å²) in [6.45, 7) is 6.53. The lowest BCUT2D eigenvalue weighted by molar-refractivity contribution is -0.132. The minimum atomic E-state index is -1.54. The van der Waals surface area contributed by atoms with Crippen LogP contribution in [0.2, 0.25) is 5.02 Å². The Morgan fingerprint density at radius 2 is 2.04 bits per heavy atom. The molecule has 1 aliphatic heterocycles. The van der Waals surface area contributed by atoms with Crippen LogP contribution in [-0.2, 0) is 4.79 Å². The molecule has 0 aliphatic carbocycles. The van der Waals surface area contributed by atoms with E-state index in [-0.39, 0.29) is 13.0 Å².